The number of anilines is 1. The zero-order valence-electron chi connectivity index (χ0n) is 22.9. The van der Waals surface area contributed by atoms with Gasteiger partial charge in [0.05, 0.1) is 30.2 Å². The molecule has 7 nitrogen and oxygen atoms in total. The van der Waals surface area contributed by atoms with Crippen LogP contribution in [-0.2, 0) is 34.8 Å². The summed E-state index contributed by atoms with van der Waals surface area (Å²) in [5, 5.41) is 1.75. The molecule has 10 heteroatoms. The molecule has 0 bridgehead atoms. The Bertz CT molecular complexity index is 1560. The van der Waals surface area contributed by atoms with Gasteiger partial charge < -0.3 is 24.5 Å². The van der Waals surface area contributed by atoms with Crippen molar-refractivity contribution in [1.29, 1.82) is 0 Å². The molecule has 0 saturated carbocycles. The van der Waals surface area contributed by atoms with Gasteiger partial charge in [0.1, 0.15) is 18.5 Å². The summed E-state index contributed by atoms with van der Waals surface area (Å²) in [4.78, 5) is 6.55. The highest BCUT2D eigenvalue weighted by Crippen LogP contribution is 2.41. The van der Waals surface area contributed by atoms with Gasteiger partial charge in [-0.3, -0.25) is 4.90 Å². The van der Waals surface area contributed by atoms with E-state index in [0.29, 0.717) is 40.2 Å². The SMILES string of the molecule is Nc1c(OC[C@@H]2CO[C@@](Cn3ccnc3)(c3ccc(Cl)cc3Cl)O2)ccc2c1CCN(C/C=C/c1ccc(Cl)cc1)C2. The van der Waals surface area contributed by atoms with Crippen LogP contribution in [0.2, 0.25) is 15.1 Å². The molecule has 42 heavy (non-hydrogen) atoms. The second-order valence-electron chi connectivity index (χ2n) is 10.5. The van der Waals surface area contributed by atoms with E-state index in [0.717, 1.165) is 42.2 Å². The Morgan fingerprint density at radius 1 is 1.07 bits per heavy atom. The van der Waals surface area contributed by atoms with Crippen LogP contribution < -0.4 is 10.5 Å². The van der Waals surface area contributed by atoms with E-state index >= 15 is 0 Å². The number of hydrogen-bond donors (Lipinski definition) is 1. The van der Waals surface area contributed by atoms with Gasteiger partial charge in [-0.1, -0.05) is 71.2 Å². The number of fused-ring (bicyclic) bond motifs is 1. The molecular formula is C32H31Cl3N4O3. The first kappa shape index (κ1) is 29.1. The highest BCUT2D eigenvalue weighted by Gasteiger charge is 2.45. The zero-order valence-corrected chi connectivity index (χ0v) is 25.2. The third-order valence-electron chi connectivity index (χ3n) is 7.61. The topological polar surface area (TPSA) is 74.8 Å². The second kappa shape index (κ2) is 12.7. The van der Waals surface area contributed by atoms with Gasteiger partial charge >= 0.3 is 0 Å². The molecule has 2 aliphatic rings. The second-order valence-corrected chi connectivity index (χ2v) is 11.8. The quantitative estimate of drug-likeness (QED) is 0.205. The molecule has 4 aromatic rings. The van der Waals surface area contributed by atoms with E-state index in [4.69, 9.17) is 54.7 Å². The minimum Gasteiger partial charge on any atom is -0.489 e. The number of imidazole rings is 1. The average Bonchev–Trinajstić information content (AvgIpc) is 3.64. The molecule has 0 amide bonds. The molecule has 3 aromatic carbocycles. The summed E-state index contributed by atoms with van der Waals surface area (Å²) in [7, 11) is 0. The summed E-state index contributed by atoms with van der Waals surface area (Å²) in [5.41, 5.74) is 11.5. The molecule has 6 rings (SSSR count). The van der Waals surface area contributed by atoms with Gasteiger partial charge in [0.15, 0.2) is 0 Å². The largest absolute Gasteiger partial charge is 0.489 e. The minimum atomic E-state index is -1.11. The van der Waals surface area contributed by atoms with E-state index in [1.54, 1.807) is 24.7 Å². The first-order chi connectivity index (χ1) is 20.4. The van der Waals surface area contributed by atoms with E-state index in [1.165, 1.54) is 5.56 Å². The van der Waals surface area contributed by atoms with Crippen molar-refractivity contribution in [3.8, 4) is 5.75 Å². The Balaban J connectivity index is 1.09. The summed E-state index contributed by atoms with van der Waals surface area (Å²) in [6.07, 6.45) is 10.1. The lowest BCUT2D eigenvalue weighted by molar-refractivity contribution is -0.189. The fraction of sp³-hybridized carbons (Fsp3) is 0.281. The Morgan fingerprint density at radius 2 is 1.90 bits per heavy atom. The number of benzene rings is 3. The lowest BCUT2D eigenvalue weighted by atomic mass is 9.97. The van der Waals surface area contributed by atoms with E-state index in [9.17, 15) is 0 Å². The predicted octanol–water partition coefficient (Wildman–Crippen LogP) is 6.84. The number of rotatable bonds is 9. The molecule has 0 aliphatic carbocycles. The van der Waals surface area contributed by atoms with Crippen molar-refractivity contribution in [3.05, 3.63) is 117 Å². The molecule has 2 aliphatic heterocycles. The summed E-state index contributed by atoms with van der Waals surface area (Å²) in [6, 6.07) is 17.2. The smallest absolute Gasteiger partial charge is 0.215 e. The number of nitrogens with zero attached hydrogens (tertiary/aromatic N) is 3. The van der Waals surface area contributed by atoms with Crippen LogP contribution >= 0.6 is 34.8 Å². The number of ether oxygens (including phenoxy) is 3. The van der Waals surface area contributed by atoms with Crippen molar-refractivity contribution in [2.24, 2.45) is 0 Å². The van der Waals surface area contributed by atoms with Gasteiger partial charge in [0.25, 0.3) is 0 Å². The third kappa shape index (κ3) is 6.47. The van der Waals surface area contributed by atoms with Gasteiger partial charge in [0, 0.05) is 47.6 Å². The van der Waals surface area contributed by atoms with Gasteiger partial charge in [-0.05, 0) is 53.4 Å². The van der Waals surface area contributed by atoms with Crippen molar-refractivity contribution in [3.63, 3.8) is 0 Å². The van der Waals surface area contributed by atoms with Crippen LogP contribution in [0.3, 0.4) is 0 Å². The summed E-state index contributed by atoms with van der Waals surface area (Å²) in [6.45, 7) is 3.60. The maximum atomic E-state index is 6.61. The molecule has 1 saturated heterocycles. The fourth-order valence-corrected chi connectivity index (χ4v) is 6.15. The number of hydrogen-bond acceptors (Lipinski definition) is 6. The Morgan fingerprint density at radius 3 is 2.69 bits per heavy atom. The summed E-state index contributed by atoms with van der Waals surface area (Å²) < 4.78 is 20.9. The Hall–Kier alpha value is -3.04. The number of halogens is 3. The predicted molar refractivity (Wildman–Crippen MR) is 167 cm³/mol. The molecule has 0 unspecified atom stereocenters. The molecule has 0 spiro atoms. The summed E-state index contributed by atoms with van der Waals surface area (Å²) in [5.74, 6) is -0.450. The normalized spacial score (nSPS) is 20.7. The number of nitrogens with two attached hydrogens (primary N) is 1. The van der Waals surface area contributed by atoms with Crippen LogP contribution in [0.25, 0.3) is 6.08 Å². The fourth-order valence-electron chi connectivity index (χ4n) is 5.47. The first-order valence-electron chi connectivity index (χ1n) is 13.8. The molecule has 2 N–H and O–H groups in total. The Kier molecular flexibility index (Phi) is 8.77. The maximum Gasteiger partial charge on any atom is 0.215 e. The maximum absolute atomic E-state index is 6.61. The van der Waals surface area contributed by atoms with Gasteiger partial charge in [-0.2, -0.15) is 0 Å². The van der Waals surface area contributed by atoms with Crippen LogP contribution in [0.4, 0.5) is 5.69 Å². The Labute approximate surface area is 260 Å². The van der Waals surface area contributed by atoms with Gasteiger partial charge in [-0.25, -0.2) is 4.98 Å². The van der Waals surface area contributed by atoms with Crippen molar-refractivity contribution in [2.45, 2.75) is 31.4 Å². The van der Waals surface area contributed by atoms with E-state index in [1.807, 2.05) is 47.2 Å². The van der Waals surface area contributed by atoms with E-state index < -0.39 is 5.79 Å². The third-order valence-corrected chi connectivity index (χ3v) is 8.41. The monoisotopic (exact) mass is 624 g/mol. The van der Waals surface area contributed by atoms with E-state index in [-0.39, 0.29) is 12.7 Å². The van der Waals surface area contributed by atoms with Crippen molar-refractivity contribution in [1.82, 2.24) is 14.5 Å². The van der Waals surface area contributed by atoms with Gasteiger partial charge in [-0.15, -0.1) is 0 Å². The minimum absolute atomic E-state index is 0.279. The van der Waals surface area contributed by atoms with Crippen LogP contribution in [-0.4, -0.2) is 46.9 Å². The molecule has 1 fully saturated rings. The lowest BCUT2D eigenvalue weighted by Gasteiger charge is -2.30. The van der Waals surface area contributed by atoms with E-state index in [2.05, 4.69) is 28.1 Å². The zero-order chi connectivity index (χ0) is 29.1. The molecular weight excluding hydrogens is 595 g/mol. The standard InChI is InChI=1S/C32H31Cl3N4O3/c33-24-6-3-22(4-7-24)2-1-13-38-14-11-27-23(17-38)5-10-30(31(27)36)40-18-26-19-41-32(42-26,20-39-15-12-37-21-39)28-9-8-25(34)16-29(28)35/h1-10,12,15-16,21,26H,11,13-14,17-20,36H2/b2-1+/t26-,32-/m1/s1. The van der Waals surface area contributed by atoms with Crippen LogP contribution in [0.15, 0.2) is 79.4 Å². The highest BCUT2D eigenvalue weighted by atomic mass is 35.5. The molecule has 2 atom stereocenters. The number of aromatic nitrogens is 2. The average molecular weight is 626 g/mol. The lowest BCUT2D eigenvalue weighted by Crippen LogP contribution is -2.34. The van der Waals surface area contributed by atoms with Gasteiger partial charge in [0.2, 0.25) is 5.79 Å². The number of nitrogen functional groups attached to an aromatic ring is 1. The van der Waals surface area contributed by atoms with Crippen molar-refractivity contribution in [2.75, 3.05) is 32.0 Å². The van der Waals surface area contributed by atoms with Crippen LogP contribution in [0.5, 0.6) is 5.75 Å². The molecule has 3 heterocycles. The first-order valence-corrected chi connectivity index (χ1v) is 14.9. The van der Waals surface area contributed by atoms with Crippen molar-refractivity contribution < 1.29 is 14.2 Å². The molecule has 1 aromatic heterocycles. The summed E-state index contributed by atoms with van der Waals surface area (Å²) >= 11 is 18.7. The molecule has 0 radical (unpaired) electrons. The highest BCUT2D eigenvalue weighted by molar-refractivity contribution is 6.35. The van der Waals surface area contributed by atoms with Crippen LogP contribution in [0.1, 0.15) is 22.3 Å². The molecule has 218 valence electrons. The van der Waals surface area contributed by atoms with Crippen LogP contribution in [0, 0.1) is 0 Å². The van der Waals surface area contributed by atoms with Crippen molar-refractivity contribution >= 4 is 46.6 Å².